The summed E-state index contributed by atoms with van der Waals surface area (Å²) in [5.41, 5.74) is 9.13. The summed E-state index contributed by atoms with van der Waals surface area (Å²) in [5.74, 6) is -5.31. The first-order chi connectivity index (χ1) is 48.7. The van der Waals surface area contributed by atoms with Crippen LogP contribution in [0, 0.1) is 29.1 Å². The van der Waals surface area contributed by atoms with Gasteiger partial charge in [0.25, 0.3) is 17.7 Å². The Kier molecular flexibility index (Phi) is 22.0. The van der Waals surface area contributed by atoms with Gasteiger partial charge >= 0.3 is 24.1 Å². The summed E-state index contributed by atoms with van der Waals surface area (Å²) in [6, 6.07) is 25.9. The number of aliphatic carboxylic acids is 1. The van der Waals surface area contributed by atoms with Gasteiger partial charge < -0.3 is 51.6 Å². The van der Waals surface area contributed by atoms with Crippen LogP contribution >= 0.6 is 11.3 Å². The number of hydrogen-bond acceptors (Lipinski definition) is 16. The van der Waals surface area contributed by atoms with Gasteiger partial charge in [-0.1, -0.05) is 94.0 Å². The maximum atomic E-state index is 13.9. The topological polar surface area (TPSA) is 366 Å². The maximum absolute atomic E-state index is 13.9. The van der Waals surface area contributed by atoms with Crippen LogP contribution in [0.4, 0.5) is 20.4 Å². The minimum atomic E-state index is -1.21. The minimum absolute atomic E-state index is 0.0537. The Morgan fingerprint density at radius 2 is 1.50 bits per heavy atom. The molecule has 0 spiro atoms. The van der Waals surface area contributed by atoms with E-state index in [1.54, 1.807) is 62.5 Å². The van der Waals surface area contributed by atoms with Gasteiger partial charge in [-0.3, -0.25) is 48.5 Å². The number of hydrogen-bond donors (Lipinski definition) is 8. The van der Waals surface area contributed by atoms with Gasteiger partial charge in [-0.15, -0.1) is 0 Å². The first kappa shape index (κ1) is 72.8. The first-order valence-electron chi connectivity index (χ1n) is 34.5. The lowest BCUT2D eigenvalue weighted by molar-refractivity contribution is -0.248. The molecule has 4 bridgehead atoms. The van der Waals surface area contributed by atoms with Gasteiger partial charge in [-0.2, -0.15) is 5.10 Å². The van der Waals surface area contributed by atoms with E-state index in [-0.39, 0.29) is 117 Å². The third-order valence-electron chi connectivity index (χ3n) is 19.8. The highest BCUT2D eigenvalue weighted by atomic mass is 32.1. The lowest BCUT2D eigenvalue weighted by Gasteiger charge is -2.69. The van der Waals surface area contributed by atoms with Crippen molar-refractivity contribution in [3.05, 3.63) is 138 Å². The van der Waals surface area contributed by atoms with Gasteiger partial charge in [0.1, 0.15) is 18.7 Å². The molecule has 4 aromatic carbocycles. The predicted octanol–water partition coefficient (Wildman–Crippen LogP) is 10.4. The van der Waals surface area contributed by atoms with E-state index in [9.17, 15) is 58.2 Å². The summed E-state index contributed by atoms with van der Waals surface area (Å²) < 4.78 is 15.7. The number of nitrogens with two attached hydrogens (primary N) is 1. The maximum Gasteiger partial charge on any atom is 0.410 e. The van der Waals surface area contributed by atoms with Gasteiger partial charge in [0.15, 0.2) is 10.8 Å². The number of urea groups is 1. The molecule has 102 heavy (non-hydrogen) atoms. The van der Waals surface area contributed by atoms with Crippen molar-refractivity contribution in [2.45, 2.75) is 149 Å². The number of para-hydroxylation sites is 1. The number of aromatic carboxylic acids is 1. The van der Waals surface area contributed by atoms with Gasteiger partial charge in [0.2, 0.25) is 17.7 Å². The number of benzene rings is 4. The number of fused-ring (bicyclic) bond motifs is 2. The van der Waals surface area contributed by atoms with Crippen molar-refractivity contribution >= 4 is 103 Å². The molecule has 1 aliphatic heterocycles. The first-order valence-corrected chi connectivity index (χ1v) is 35.3. The van der Waals surface area contributed by atoms with Crippen molar-refractivity contribution in [3.8, 4) is 22.4 Å². The summed E-state index contributed by atoms with van der Waals surface area (Å²) in [7, 11) is 0. The number of carboxylic acids is 2. The molecule has 12 rings (SSSR count). The number of pyridine rings is 1. The number of imide groups is 1. The highest BCUT2D eigenvalue weighted by molar-refractivity contribution is 7.22. The molecule has 27 heteroatoms. The van der Waals surface area contributed by atoms with Gasteiger partial charge in [0.05, 0.1) is 40.7 Å². The summed E-state index contributed by atoms with van der Waals surface area (Å²) in [6.07, 6.45) is 10.2. The SMILES string of the molecule is Cc1c(-c2ccc(-c3ccc4cccc(C(=O)Nc5nc6ccccc6s5)c4c3)nc2C(=O)O)cnn1CC12CC3(C)CC(OCCN(CCC(=O)O)C(=O)OCc4ccc(NC(=O)[C@H](CCCNC(N)=O)NC(=O)[C@@H](NC(=O)CCCCCN5C(=O)C=CC5=O)C(C)C)cc4)(C1)C[C@](C)(C3)C2. The normalized spacial score (nSPS) is 20.2. The van der Waals surface area contributed by atoms with E-state index in [1.165, 1.54) is 28.4 Å². The number of anilines is 2. The smallest absolute Gasteiger partial charge is 0.410 e. The third kappa shape index (κ3) is 17.3. The second-order valence-electron chi connectivity index (χ2n) is 28.7. The average molecular weight is 1410 g/mol. The summed E-state index contributed by atoms with van der Waals surface area (Å²) >= 11 is 1.38. The molecule has 9 amide bonds. The summed E-state index contributed by atoms with van der Waals surface area (Å²) in [4.78, 5) is 140. The fourth-order valence-electron chi connectivity index (χ4n) is 16.3. The van der Waals surface area contributed by atoms with E-state index in [1.807, 2.05) is 66.2 Å². The number of unbranched alkanes of at least 4 members (excludes halogenated alkanes) is 2. The zero-order chi connectivity index (χ0) is 72.7. The molecule has 7 aromatic rings. The monoisotopic (exact) mass is 1410 g/mol. The van der Waals surface area contributed by atoms with E-state index < -0.39 is 53.6 Å². The molecule has 4 aliphatic carbocycles. The van der Waals surface area contributed by atoms with Crippen LogP contribution in [0.15, 0.2) is 115 Å². The molecule has 4 saturated carbocycles. The zero-order valence-corrected chi connectivity index (χ0v) is 58.6. The van der Waals surface area contributed by atoms with Crippen LogP contribution < -0.4 is 32.3 Å². The number of ether oxygens (including phenoxy) is 2. The number of aromatic nitrogens is 4. The van der Waals surface area contributed by atoms with Crippen LogP contribution in [0.1, 0.15) is 143 Å². The number of thiazole rings is 1. The van der Waals surface area contributed by atoms with Crippen molar-refractivity contribution < 1.29 is 67.6 Å². The number of carbonyl (C=O) groups excluding carboxylic acids is 8. The Hall–Kier alpha value is -10.4. The van der Waals surface area contributed by atoms with Crippen LogP contribution in [0.25, 0.3) is 43.4 Å². The highest BCUT2D eigenvalue weighted by Gasteiger charge is 2.66. The number of carbonyl (C=O) groups is 10. The Morgan fingerprint density at radius 1 is 0.755 bits per heavy atom. The van der Waals surface area contributed by atoms with Gasteiger partial charge in [-0.25, -0.2) is 24.4 Å². The quantitative estimate of drug-likeness (QED) is 0.0143. The lowest BCUT2D eigenvalue weighted by atomic mass is 9.39. The molecule has 4 fully saturated rings. The van der Waals surface area contributed by atoms with E-state index in [2.05, 4.69) is 45.4 Å². The second kappa shape index (κ2) is 30.8. The molecule has 3 unspecified atom stereocenters. The molecule has 4 heterocycles. The molecule has 26 nitrogen and oxygen atoms in total. The van der Waals surface area contributed by atoms with Crippen LogP contribution in [0.3, 0.4) is 0 Å². The molecule has 9 N–H and O–H groups in total. The Labute approximate surface area is 593 Å². The lowest BCUT2D eigenvalue weighted by Crippen LogP contribution is -2.64. The molecule has 0 radical (unpaired) electrons. The van der Waals surface area contributed by atoms with Crippen molar-refractivity contribution in [2.75, 3.05) is 43.4 Å². The van der Waals surface area contributed by atoms with Crippen LogP contribution in [-0.4, -0.2) is 150 Å². The molecule has 536 valence electrons. The summed E-state index contributed by atoms with van der Waals surface area (Å²) in [5, 5.41) is 41.2. The average Bonchev–Trinajstić information content (AvgIpc) is 0.799. The van der Waals surface area contributed by atoms with E-state index in [4.69, 9.17) is 25.3 Å². The number of amides is 9. The zero-order valence-electron chi connectivity index (χ0n) is 57.8. The molecular formula is C75H86N12O14S. The third-order valence-corrected chi connectivity index (χ3v) is 20.8. The number of nitrogens with one attached hydrogen (secondary N) is 5. The number of primary amides is 1. The molecule has 0 saturated heterocycles. The molecule has 5 aliphatic rings. The van der Waals surface area contributed by atoms with E-state index >= 15 is 0 Å². The minimum Gasteiger partial charge on any atom is -0.481 e. The Balaban J connectivity index is 0.700. The second-order valence-corrected chi connectivity index (χ2v) is 29.8. The largest absolute Gasteiger partial charge is 0.481 e. The van der Waals surface area contributed by atoms with Crippen molar-refractivity contribution in [3.63, 3.8) is 0 Å². The Morgan fingerprint density at radius 3 is 2.21 bits per heavy atom. The highest BCUT2D eigenvalue weighted by Crippen LogP contribution is 2.72. The fraction of sp³-hybridized carbons (Fsp3) is 0.427. The fourth-order valence-corrected chi connectivity index (χ4v) is 17.2. The van der Waals surface area contributed by atoms with Crippen molar-refractivity contribution in [1.29, 1.82) is 0 Å². The van der Waals surface area contributed by atoms with Gasteiger partial charge in [-0.05, 0) is 158 Å². The van der Waals surface area contributed by atoms with Crippen LogP contribution in [-0.2, 0) is 51.4 Å². The molecule has 6 atom stereocenters. The van der Waals surface area contributed by atoms with E-state index in [0.29, 0.717) is 81.9 Å². The van der Waals surface area contributed by atoms with Crippen molar-refractivity contribution in [2.24, 2.45) is 27.9 Å². The van der Waals surface area contributed by atoms with Crippen molar-refractivity contribution in [1.82, 2.24) is 45.5 Å². The standard InChI is InChI=1S/C75H86N12O14S/c1-45(2)63(83-59(88)18-7-6-10-31-86-60(89)27-28-61(86)90)67(95)81-57(16-12-30-77-69(76)98)66(94)79-50-23-19-47(20-24-50)37-100-71(99)85(32-29-62(91)92)33-34-101-75-41-72(4)38-73(5,42-75)40-74(39-72,43-75)44-87-46(3)54(36-78-87)51-25-26-55(80-64(51)68(96)97)49-22-21-48-13-11-14-52(53(48)35-49)65(93)84-70-82-56-15-8-9-17-58(56)102-70/h8-9,11,13-15,17,19-28,35-36,45,57,63H,6-7,10,12,16,18,29-34,37-44H2,1-5H3,(H,79,94)(H,81,95)(H,83,88)(H,91,92)(H,96,97)(H3,76,77,98)(H,82,84,93)/t57-,63-,72+,73?,74?,75?/m0/s1. The van der Waals surface area contributed by atoms with E-state index in [0.717, 1.165) is 58.3 Å². The van der Waals surface area contributed by atoms with Crippen LogP contribution in [0.5, 0.6) is 0 Å². The predicted molar refractivity (Wildman–Crippen MR) is 382 cm³/mol. The number of carboxylic acid groups (broad SMARTS) is 2. The van der Waals surface area contributed by atoms with Gasteiger partial charge in [0, 0.05) is 84.9 Å². The number of rotatable bonds is 32. The summed E-state index contributed by atoms with van der Waals surface area (Å²) in [6.45, 7) is 10.8. The molecular weight excluding hydrogens is 1320 g/mol. The Bertz CT molecular complexity index is 4360. The molecule has 3 aromatic heterocycles. The number of nitrogens with zero attached hydrogens (tertiary/aromatic N) is 6. The van der Waals surface area contributed by atoms with Crippen LogP contribution in [0.2, 0.25) is 0 Å².